The van der Waals surface area contributed by atoms with Gasteiger partial charge in [0.2, 0.25) is 0 Å². The van der Waals surface area contributed by atoms with Crippen molar-refractivity contribution >= 4 is 11.3 Å². The first-order valence-corrected chi connectivity index (χ1v) is 5.35. The standard InChI is InChI=1S/C9H13NO2S/c1-2-7-3-9(11,5-12-7)8-4-10-6-13-8/h4,6-7,11H,2-3,5H2,1H3. The second kappa shape index (κ2) is 3.36. The molecule has 13 heavy (non-hydrogen) atoms. The molecule has 1 N–H and O–H groups in total. The number of hydrogen-bond acceptors (Lipinski definition) is 4. The molecule has 0 aromatic carbocycles. The number of aliphatic hydroxyl groups is 1. The number of aromatic nitrogens is 1. The molecule has 0 aliphatic carbocycles. The summed E-state index contributed by atoms with van der Waals surface area (Å²) >= 11 is 1.49. The average Bonchev–Trinajstić information content (AvgIpc) is 2.72. The van der Waals surface area contributed by atoms with Crippen molar-refractivity contribution in [2.24, 2.45) is 0 Å². The minimum atomic E-state index is -0.776. The SMILES string of the molecule is CCC1CC(O)(c2cncs2)CO1. The monoisotopic (exact) mass is 199 g/mol. The van der Waals surface area contributed by atoms with Gasteiger partial charge in [-0.05, 0) is 6.42 Å². The maximum absolute atomic E-state index is 10.2. The smallest absolute Gasteiger partial charge is 0.126 e. The van der Waals surface area contributed by atoms with Crippen LogP contribution in [0.4, 0.5) is 0 Å². The van der Waals surface area contributed by atoms with Crippen molar-refractivity contribution in [3.8, 4) is 0 Å². The van der Waals surface area contributed by atoms with E-state index in [1.165, 1.54) is 11.3 Å². The molecule has 1 aliphatic rings. The number of nitrogens with zero attached hydrogens (tertiary/aromatic N) is 1. The van der Waals surface area contributed by atoms with E-state index < -0.39 is 5.60 Å². The normalized spacial score (nSPS) is 33.8. The lowest BCUT2D eigenvalue weighted by Gasteiger charge is -2.17. The van der Waals surface area contributed by atoms with E-state index >= 15 is 0 Å². The van der Waals surface area contributed by atoms with Crippen LogP contribution in [-0.2, 0) is 10.3 Å². The Morgan fingerprint density at radius 3 is 3.23 bits per heavy atom. The largest absolute Gasteiger partial charge is 0.382 e. The van der Waals surface area contributed by atoms with Crippen molar-refractivity contribution in [3.63, 3.8) is 0 Å². The van der Waals surface area contributed by atoms with Crippen molar-refractivity contribution in [2.45, 2.75) is 31.5 Å². The first-order chi connectivity index (χ1) is 6.24. The molecule has 0 saturated carbocycles. The van der Waals surface area contributed by atoms with Gasteiger partial charge in [0.25, 0.3) is 0 Å². The molecule has 1 saturated heterocycles. The van der Waals surface area contributed by atoms with Crippen LogP contribution < -0.4 is 0 Å². The van der Waals surface area contributed by atoms with Crippen molar-refractivity contribution in [3.05, 3.63) is 16.6 Å². The Kier molecular flexibility index (Phi) is 2.36. The minimum absolute atomic E-state index is 0.201. The zero-order valence-corrected chi connectivity index (χ0v) is 8.38. The molecule has 0 bridgehead atoms. The summed E-state index contributed by atoms with van der Waals surface area (Å²) in [6.07, 6.45) is 3.59. The summed E-state index contributed by atoms with van der Waals surface area (Å²) in [5.41, 5.74) is 0.967. The van der Waals surface area contributed by atoms with Crippen LogP contribution in [0.3, 0.4) is 0 Å². The summed E-state index contributed by atoms with van der Waals surface area (Å²) in [5, 5.41) is 10.2. The molecular weight excluding hydrogens is 186 g/mol. The van der Waals surface area contributed by atoms with E-state index in [0.717, 1.165) is 11.3 Å². The molecular formula is C9H13NO2S. The Morgan fingerprint density at radius 1 is 1.85 bits per heavy atom. The minimum Gasteiger partial charge on any atom is -0.382 e. The highest BCUT2D eigenvalue weighted by Crippen LogP contribution is 2.36. The number of thiazole rings is 1. The molecule has 2 rings (SSSR count). The van der Waals surface area contributed by atoms with Gasteiger partial charge in [0.1, 0.15) is 5.60 Å². The van der Waals surface area contributed by atoms with Crippen LogP contribution in [0.1, 0.15) is 24.6 Å². The van der Waals surface area contributed by atoms with E-state index in [0.29, 0.717) is 13.0 Å². The van der Waals surface area contributed by atoms with Crippen molar-refractivity contribution in [1.29, 1.82) is 0 Å². The molecule has 1 aromatic rings. The Morgan fingerprint density at radius 2 is 2.69 bits per heavy atom. The summed E-state index contributed by atoms with van der Waals surface area (Å²) in [5.74, 6) is 0. The first-order valence-electron chi connectivity index (χ1n) is 4.47. The van der Waals surface area contributed by atoms with Crippen LogP contribution in [0.25, 0.3) is 0 Å². The number of hydrogen-bond donors (Lipinski definition) is 1. The summed E-state index contributed by atoms with van der Waals surface area (Å²) in [6.45, 7) is 2.48. The first kappa shape index (κ1) is 9.12. The van der Waals surface area contributed by atoms with E-state index in [-0.39, 0.29) is 6.10 Å². The van der Waals surface area contributed by atoms with Gasteiger partial charge in [0.15, 0.2) is 0 Å². The maximum atomic E-state index is 10.2. The van der Waals surface area contributed by atoms with Gasteiger partial charge < -0.3 is 9.84 Å². The van der Waals surface area contributed by atoms with Gasteiger partial charge in [-0.25, -0.2) is 0 Å². The third kappa shape index (κ3) is 1.61. The summed E-state index contributed by atoms with van der Waals surface area (Å²) in [4.78, 5) is 4.89. The molecule has 2 heterocycles. The van der Waals surface area contributed by atoms with Crippen molar-refractivity contribution in [1.82, 2.24) is 4.98 Å². The molecule has 3 nitrogen and oxygen atoms in total. The second-order valence-electron chi connectivity index (χ2n) is 3.44. The molecule has 0 radical (unpaired) electrons. The van der Waals surface area contributed by atoms with Gasteiger partial charge in [-0.2, -0.15) is 0 Å². The van der Waals surface area contributed by atoms with Gasteiger partial charge in [0.05, 0.1) is 23.1 Å². The Bertz CT molecular complexity index is 275. The highest BCUT2D eigenvalue weighted by Gasteiger charge is 2.40. The van der Waals surface area contributed by atoms with Gasteiger partial charge in [-0.3, -0.25) is 4.98 Å². The summed E-state index contributed by atoms with van der Waals surface area (Å²) in [7, 11) is 0. The summed E-state index contributed by atoms with van der Waals surface area (Å²) < 4.78 is 5.47. The Hall–Kier alpha value is -0.450. The average molecular weight is 199 g/mol. The lowest BCUT2D eigenvalue weighted by atomic mass is 9.98. The topological polar surface area (TPSA) is 42.4 Å². The van der Waals surface area contributed by atoms with Crippen LogP contribution in [0.15, 0.2) is 11.7 Å². The van der Waals surface area contributed by atoms with E-state index in [1.807, 2.05) is 0 Å². The molecule has 1 aliphatic heterocycles. The molecule has 0 spiro atoms. The van der Waals surface area contributed by atoms with Crippen LogP contribution in [0, 0.1) is 0 Å². The predicted molar refractivity (Wildman–Crippen MR) is 50.7 cm³/mol. The van der Waals surface area contributed by atoms with Crippen molar-refractivity contribution in [2.75, 3.05) is 6.61 Å². The third-order valence-corrected chi connectivity index (χ3v) is 3.44. The van der Waals surface area contributed by atoms with E-state index in [2.05, 4.69) is 11.9 Å². The molecule has 72 valence electrons. The zero-order valence-electron chi connectivity index (χ0n) is 7.56. The Balaban J connectivity index is 2.15. The van der Waals surface area contributed by atoms with E-state index in [9.17, 15) is 5.11 Å². The molecule has 4 heteroatoms. The van der Waals surface area contributed by atoms with Gasteiger partial charge in [-0.15, -0.1) is 11.3 Å². The lowest BCUT2D eigenvalue weighted by Crippen LogP contribution is -2.24. The fourth-order valence-electron chi connectivity index (χ4n) is 1.63. The lowest BCUT2D eigenvalue weighted by molar-refractivity contribution is 0.0207. The fourth-order valence-corrected chi connectivity index (χ4v) is 2.35. The number of ether oxygens (including phenoxy) is 1. The van der Waals surface area contributed by atoms with E-state index in [1.54, 1.807) is 11.7 Å². The summed E-state index contributed by atoms with van der Waals surface area (Å²) in [6, 6.07) is 0. The van der Waals surface area contributed by atoms with Gasteiger partial charge in [-0.1, -0.05) is 6.92 Å². The van der Waals surface area contributed by atoms with Crippen LogP contribution in [0.2, 0.25) is 0 Å². The molecule has 1 aromatic heterocycles. The van der Waals surface area contributed by atoms with Gasteiger partial charge >= 0.3 is 0 Å². The predicted octanol–water partition coefficient (Wildman–Crippen LogP) is 1.53. The van der Waals surface area contributed by atoms with E-state index in [4.69, 9.17) is 4.74 Å². The molecule has 1 fully saturated rings. The molecule has 2 atom stereocenters. The fraction of sp³-hybridized carbons (Fsp3) is 0.667. The zero-order chi connectivity index (χ0) is 9.31. The second-order valence-corrected chi connectivity index (χ2v) is 4.33. The molecule has 0 amide bonds. The van der Waals surface area contributed by atoms with Crippen LogP contribution in [0.5, 0.6) is 0 Å². The Labute approximate surface area is 81.4 Å². The van der Waals surface area contributed by atoms with Crippen LogP contribution in [-0.4, -0.2) is 22.8 Å². The maximum Gasteiger partial charge on any atom is 0.126 e. The molecule has 2 unspecified atom stereocenters. The third-order valence-electron chi connectivity index (χ3n) is 2.47. The highest BCUT2D eigenvalue weighted by molar-refractivity contribution is 7.09. The number of rotatable bonds is 2. The van der Waals surface area contributed by atoms with Gasteiger partial charge in [0, 0.05) is 12.6 Å². The highest BCUT2D eigenvalue weighted by atomic mass is 32.1. The van der Waals surface area contributed by atoms with Crippen LogP contribution >= 0.6 is 11.3 Å². The van der Waals surface area contributed by atoms with Crippen molar-refractivity contribution < 1.29 is 9.84 Å². The quantitative estimate of drug-likeness (QED) is 0.785.